The van der Waals surface area contributed by atoms with Crippen molar-refractivity contribution >= 4 is 5.69 Å². The average molecular weight is 299 g/mol. The Morgan fingerprint density at radius 3 is 2.29 bits per heavy atom. The molecule has 0 amide bonds. The Morgan fingerprint density at radius 1 is 1.10 bits per heavy atom. The van der Waals surface area contributed by atoms with E-state index in [1.165, 1.54) is 36.4 Å². The second kappa shape index (κ2) is 5.63. The van der Waals surface area contributed by atoms with Crippen LogP contribution in [-0.2, 0) is 6.42 Å². The quantitative estimate of drug-likeness (QED) is 0.681. The van der Waals surface area contributed by atoms with Gasteiger partial charge in [-0.05, 0) is 54.3 Å². The Hall–Kier alpha value is -2.24. The maximum absolute atomic E-state index is 13.3. The predicted molar refractivity (Wildman–Crippen MR) is 71.5 cm³/mol. The highest BCUT2D eigenvalue weighted by molar-refractivity contribution is 5.51. The van der Waals surface area contributed by atoms with Crippen molar-refractivity contribution in [2.24, 2.45) is 0 Å². The summed E-state index contributed by atoms with van der Waals surface area (Å²) in [4.78, 5) is 0. The van der Waals surface area contributed by atoms with Crippen LogP contribution in [0.3, 0.4) is 0 Å². The van der Waals surface area contributed by atoms with E-state index in [0.29, 0.717) is 17.7 Å². The molecule has 2 rings (SSSR count). The van der Waals surface area contributed by atoms with Crippen molar-refractivity contribution < 1.29 is 22.3 Å². The number of benzene rings is 2. The maximum Gasteiger partial charge on any atom is 0.573 e. The van der Waals surface area contributed by atoms with Gasteiger partial charge in [-0.15, -0.1) is 13.2 Å². The van der Waals surface area contributed by atoms with Crippen LogP contribution < -0.4 is 10.5 Å². The van der Waals surface area contributed by atoms with Crippen LogP contribution in [0, 0.1) is 12.7 Å². The molecule has 112 valence electrons. The van der Waals surface area contributed by atoms with E-state index in [4.69, 9.17) is 5.73 Å². The van der Waals surface area contributed by atoms with Gasteiger partial charge in [0.1, 0.15) is 11.6 Å². The highest BCUT2D eigenvalue weighted by Crippen LogP contribution is 2.25. The standard InChI is InChI=1S/C15H13F4NO/c1-9-11(7-12(16)8-14(9)20)6-10-2-4-13(5-3-10)21-15(17,18)19/h2-5,7-8H,6,20H2,1H3. The number of anilines is 1. The van der Waals surface area contributed by atoms with E-state index in [9.17, 15) is 17.6 Å². The topological polar surface area (TPSA) is 35.2 Å². The monoisotopic (exact) mass is 299 g/mol. The van der Waals surface area contributed by atoms with E-state index in [-0.39, 0.29) is 5.75 Å². The first-order valence-corrected chi connectivity index (χ1v) is 6.14. The molecule has 0 aliphatic heterocycles. The molecule has 0 fully saturated rings. The van der Waals surface area contributed by atoms with Gasteiger partial charge in [0.2, 0.25) is 0 Å². The van der Waals surface area contributed by atoms with E-state index < -0.39 is 12.2 Å². The number of hydrogen-bond acceptors (Lipinski definition) is 2. The molecular weight excluding hydrogens is 286 g/mol. The van der Waals surface area contributed by atoms with Crippen molar-refractivity contribution in [3.63, 3.8) is 0 Å². The number of nitrogen functional groups attached to an aromatic ring is 1. The highest BCUT2D eigenvalue weighted by Gasteiger charge is 2.30. The van der Waals surface area contributed by atoms with E-state index in [1.807, 2.05) is 0 Å². The van der Waals surface area contributed by atoms with E-state index in [2.05, 4.69) is 4.74 Å². The minimum absolute atomic E-state index is 0.290. The fourth-order valence-electron chi connectivity index (χ4n) is 1.97. The zero-order valence-electron chi connectivity index (χ0n) is 11.2. The van der Waals surface area contributed by atoms with Crippen LogP contribution in [0.1, 0.15) is 16.7 Å². The number of halogens is 4. The molecule has 0 radical (unpaired) electrons. The molecule has 21 heavy (non-hydrogen) atoms. The molecule has 0 bridgehead atoms. The molecule has 0 heterocycles. The average Bonchev–Trinajstić information content (AvgIpc) is 2.36. The molecule has 0 aromatic heterocycles. The number of hydrogen-bond donors (Lipinski definition) is 1. The number of nitrogens with two attached hydrogens (primary N) is 1. The summed E-state index contributed by atoms with van der Waals surface area (Å²) in [5.74, 6) is -0.730. The van der Waals surface area contributed by atoms with Crippen molar-refractivity contribution in [3.8, 4) is 5.75 Å². The van der Waals surface area contributed by atoms with Crippen LogP contribution in [0.15, 0.2) is 36.4 Å². The molecule has 0 spiro atoms. The lowest BCUT2D eigenvalue weighted by molar-refractivity contribution is -0.274. The summed E-state index contributed by atoms with van der Waals surface area (Å²) in [6.07, 6.45) is -4.34. The summed E-state index contributed by atoms with van der Waals surface area (Å²) in [5.41, 5.74) is 8.21. The van der Waals surface area contributed by atoms with Crippen LogP contribution in [-0.4, -0.2) is 6.36 Å². The Labute approximate surface area is 119 Å². The van der Waals surface area contributed by atoms with Crippen LogP contribution in [0.2, 0.25) is 0 Å². The minimum Gasteiger partial charge on any atom is -0.406 e. The second-order valence-corrected chi connectivity index (χ2v) is 4.65. The summed E-state index contributed by atoms with van der Waals surface area (Å²) in [5, 5.41) is 0. The third-order valence-corrected chi connectivity index (χ3v) is 3.07. The zero-order valence-corrected chi connectivity index (χ0v) is 11.2. The minimum atomic E-state index is -4.71. The van der Waals surface area contributed by atoms with Crippen molar-refractivity contribution in [3.05, 3.63) is 58.9 Å². The second-order valence-electron chi connectivity index (χ2n) is 4.65. The Balaban J connectivity index is 2.18. The molecule has 2 aromatic carbocycles. The molecule has 2 nitrogen and oxygen atoms in total. The molecule has 6 heteroatoms. The van der Waals surface area contributed by atoms with Gasteiger partial charge >= 0.3 is 6.36 Å². The first-order chi connectivity index (χ1) is 9.74. The summed E-state index contributed by atoms with van der Waals surface area (Å²) in [6.45, 7) is 1.77. The van der Waals surface area contributed by atoms with Gasteiger partial charge in [-0.1, -0.05) is 12.1 Å². The lowest BCUT2D eigenvalue weighted by Gasteiger charge is -2.11. The SMILES string of the molecule is Cc1c(N)cc(F)cc1Cc1ccc(OC(F)(F)F)cc1. The summed E-state index contributed by atoms with van der Waals surface area (Å²) < 4.78 is 53.3. The maximum atomic E-state index is 13.3. The van der Waals surface area contributed by atoms with E-state index in [0.717, 1.165) is 11.1 Å². The molecular formula is C15H13F4NO. The largest absolute Gasteiger partial charge is 0.573 e. The van der Waals surface area contributed by atoms with E-state index in [1.54, 1.807) is 6.92 Å². The normalized spacial score (nSPS) is 11.5. The zero-order chi connectivity index (χ0) is 15.6. The Bertz CT molecular complexity index is 635. The fourth-order valence-corrected chi connectivity index (χ4v) is 1.97. The fraction of sp³-hybridized carbons (Fsp3) is 0.200. The summed E-state index contributed by atoms with van der Waals surface area (Å²) >= 11 is 0. The number of alkyl halides is 3. The molecule has 2 N–H and O–H groups in total. The molecule has 0 unspecified atom stereocenters. The van der Waals surface area contributed by atoms with Crippen LogP contribution in [0.25, 0.3) is 0 Å². The van der Waals surface area contributed by atoms with Gasteiger partial charge in [-0.2, -0.15) is 0 Å². The first-order valence-electron chi connectivity index (χ1n) is 6.14. The first kappa shape index (κ1) is 15.2. The van der Waals surface area contributed by atoms with Crippen molar-refractivity contribution in [1.29, 1.82) is 0 Å². The van der Waals surface area contributed by atoms with Gasteiger partial charge in [0.05, 0.1) is 0 Å². The third-order valence-electron chi connectivity index (χ3n) is 3.07. The van der Waals surface area contributed by atoms with Crippen molar-refractivity contribution in [2.75, 3.05) is 5.73 Å². The number of rotatable bonds is 3. The molecule has 2 aromatic rings. The number of ether oxygens (including phenoxy) is 1. The third kappa shape index (κ3) is 4.11. The molecule has 0 atom stereocenters. The van der Waals surface area contributed by atoms with Crippen molar-refractivity contribution in [2.45, 2.75) is 19.7 Å². The van der Waals surface area contributed by atoms with Crippen LogP contribution in [0.5, 0.6) is 5.75 Å². The van der Waals surface area contributed by atoms with Gasteiger partial charge in [0.15, 0.2) is 0 Å². The molecule has 0 aliphatic rings. The molecule has 0 saturated heterocycles. The van der Waals surface area contributed by atoms with Crippen LogP contribution in [0.4, 0.5) is 23.2 Å². The highest BCUT2D eigenvalue weighted by atomic mass is 19.4. The summed E-state index contributed by atoms with van der Waals surface area (Å²) in [6, 6.07) is 8.05. The lowest BCUT2D eigenvalue weighted by atomic mass is 9.99. The predicted octanol–water partition coefficient (Wildman–Crippen LogP) is 4.21. The van der Waals surface area contributed by atoms with Gasteiger partial charge in [0.25, 0.3) is 0 Å². The van der Waals surface area contributed by atoms with Gasteiger partial charge < -0.3 is 10.5 Å². The van der Waals surface area contributed by atoms with Gasteiger partial charge in [-0.25, -0.2) is 4.39 Å². The molecule has 0 saturated carbocycles. The van der Waals surface area contributed by atoms with Crippen LogP contribution >= 0.6 is 0 Å². The van der Waals surface area contributed by atoms with E-state index >= 15 is 0 Å². The summed E-state index contributed by atoms with van der Waals surface area (Å²) in [7, 11) is 0. The Kier molecular flexibility index (Phi) is 4.06. The lowest BCUT2D eigenvalue weighted by Crippen LogP contribution is -2.17. The molecule has 0 aliphatic carbocycles. The van der Waals surface area contributed by atoms with Crippen molar-refractivity contribution in [1.82, 2.24) is 0 Å². The smallest absolute Gasteiger partial charge is 0.406 e. The van der Waals surface area contributed by atoms with Gasteiger partial charge in [-0.3, -0.25) is 0 Å². The van der Waals surface area contributed by atoms with Gasteiger partial charge in [0, 0.05) is 5.69 Å². The Morgan fingerprint density at radius 2 is 1.71 bits per heavy atom.